The van der Waals surface area contributed by atoms with E-state index < -0.39 is 0 Å². The molecule has 0 aliphatic carbocycles. The summed E-state index contributed by atoms with van der Waals surface area (Å²) in [5.74, 6) is -0.249. The van der Waals surface area contributed by atoms with E-state index in [1.54, 1.807) is 12.1 Å². The van der Waals surface area contributed by atoms with Crippen molar-refractivity contribution in [3.63, 3.8) is 0 Å². The van der Waals surface area contributed by atoms with Crippen LogP contribution in [0.3, 0.4) is 0 Å². The van der Waals surface area contributed by atoms with Crippen LogP contribution in [0.4, 0.5) is 10.1 Å². The van der Waals surface area contributed by atoms with Crippen molar-refractivity contribution >= 4 is 17.3 Å². The average Bonchev–Trinajstić information content (AvgIpc) is 2.44. The molecule has 0 aliphatic rings. The van der Waals surface area contributed by atoms with Crippen molar-refractivity contribution in [2.24, 2.45) is 0 Å². The van der Waals surface area contributed by atoms with Crippen LogP contribution in [0.15, 0.2) is 42.5 Å². The molecule has 0 atom stereocenters. The van der Waals surface area contributed by atoms with Crippen LogP contribution in [-0.2, 0) is 13.1 Å². The molecule has 0 spiro atoms. The first kappa shape index (κ1) is 15.8. The standard InChI is InChI=1S/C17H20ClFN2/c1-2-9-21(11-13-3-7-16(20)8-4-13)12-14-5-6-15(18)10-17(14)19/h3-8,10H,2,9,11-12,20H2,1H3. The quantitative estimate of drug-likeness (QED) is 0.798. The molecule has 2 nitrogen and oxygen atoms in total. The summed E-state index contributed by atoms with van der Waals surface area (Å²) in [6.45, 7) is 4.37. The number of anilines is 1. The number of benzene rings is 2. The van der Waals surface area contributed by atoms with Crippen molar-refractivity contribution in [1.29, 1.82) is 0 Å². The largest absolute Gasteiger partial charge is 0.399 e. The predicted octanol–water partition coefficient (Wildman–Crippen LogP) is 4.47. The summed E-state index contributed by atoms with van der Waals surface area (Å²) in [7, 11) is 0. The lowest BCUT2D eigenvalue weighted by Crippen LogP contribution is -2.24. The summed E-state index contributed by atoms with van der Waals surface area (Å²) in [5, 5.41) is 0.428. The van der Waals surface area contributed by atoms with Gasteiger partial charge < -0.3 is 5.73 Å². The fourth-order valence-electron chi connectivity index (χ4n) is 2.30. The molecular weight excluding hydrogens is 287 g/mol. The number of hydrogen-bond acceptors (Lipinski definition) is 2. The highest BCUT2D eigenvalue weighted by atomic mass is 35.5. The first-order valence-electron chi connectivity index (χ1n) is 7.09. The van der Waals surface area contributed by atoms with Crippen LogP contribution in [0.1, 0.15) is 24.5 Å². The first-order valence-corrected chi connectivity index (χ1v) is 7.47. The van der Waals surface area contributed by atoms with Crippen LogP contribution in [0, 0.1) is 5.82 Å². The van der Waals surface area contributed by atoms with Crippen molar-refractivity contribution in [2.45, 2.75) is 26.4 Å². The number of rotatable bonds is 6. The van der Waals surface area contributed by atoms with Gasteiger partial charge in [0.1, 0.15) is 5.82 Å². The van der Waals surface area contributed by atoms with Crippen LogP contribution in [0.2, 0.25) is 5.02 Å². The lowest BCUT2D eigenvalue weighted by molar-refractivity contribution is 0.253. The van der Waals surface area contributed by atoms with Crippen molar-refractivity contribution in [1.82, 2.24) is 4.90 Å². The third kappa shape index (κ3) is 4.73. The molecule has 0 radical (unpaired) electrons. The third-order valence-corrected chi connectivity index (χ3v) is 3.57. The van der Waals surface area contributed by atoms with Crippen LogP contribution in [-0.4, -0.2) is 11.4 Å². The Bertz CT molecular complexity index is 584. The number of nitrogens with zero attached hydrogens (tertiary/aromatic N) is 1. The minimum Gasteiger partial charge on any atom is -0.399 e. The van der Waals surface area contributed by atoms with Gasteiger partial charge >= 0.3 is 0 Å². The zero-order chi connectivity index (χ0) is 15.2. The molecule has 0 bridgehead atoms. The molecule has 4 heteroatoms. The Morgan fingerprint density at radius 2 is 1.81 bits per heavy atom. The van der Waals surface area contributed by atoms with Gasteiger partial charge in [-0.1, -0.05) is 36.7 Å². The van der Waals surface area contributed by atoms with E-state index in [9.17, 15) is 4.39 Å². The molecule has 0 fully saturated rings. The summed E-state index contributed by atoms with van der Waals surface area (Å²) >= 11 is 5.79. The summed E-state index contributed by atoms with van der Waals surface area (Å²) in [4.78, 5) is 2.22. The Kier molecular flexibility index (Phi) is 5.59. The molecule has 2 rings (SSSR count). The van der Waals surface area contributed by atoms with Crippen LogP contribution in [0.5, 0.6) is 0 Å². The van der Waals surface area contributed by atoms with Crippen LogP contribution in [0.25, 0.3) is 0 Å². The minimum atomic E-state index is -0.249. The predicted molar refractivity (Wildman–Crippen MR) is 86.7 cm³/mol. The molecule has 21 heavy (non-hydrogen) atoms. The van der Waals surface area contributed by atoms with Gasteiger partial charge in [-0.2, -0.15) is 0 Å². The minimum absolute atomic E-state index is 0.249. The molecule has 112 valence electrons. The maximum atomic E-state index is 13.9. The normalized spacial score (nSPS) is 11.0. The molecule has 0 saturated heterocycles. The third-order valence-electron chi connectivity index (χ3n) is 3.33. The summed E-state index contributed by atoms with van der Waals surface area (Å²) in [6, 6.07) is 12.7. The topological polar surface area (TPSA) is 29.3 Å². The second-order valence-electron chi connectivity index (χ2n) is 5.19. The Morgan fingerprint density at radius 1 is 1.10 bits per heavy atom. The summed E-state index contributed by atoms with van der Waals surface area (Å²) in [6.07, 6.45) is 1.02. The monoisotopic (exact) mass is 306 g/mol. The Hall–Kier alpha value is -1.58. The Labute approximate surface area is 130 Å². The summed E-state index contributed by atoms with van der Waals surface area (Å²) < 4.78 is 13.9. The molecule has 0 aromatic heterocycles. The van der Waals surface area contributed by atoms with E-state index in [1.165, 1.54) is 11.6 Å². The number of halogens is 2. The van der Waals surface area contributed by atoms with Crippen LogP contribution < -0.4 is 5.73 Å². The lowest BCUT2D eigenvalue weighted by Gasteiger charge is -2.22. The fourth-order valence-corrected chi connectivity index (χ4v) is 2.46. The van der Waals surface area contributed by atoms with Gasteiger partial charge in [-0.05, 0) is 42.8 Å². The number of nitrogens with two attached hydrogens (primary N) is 1. The van der Waals surface area contributed by atoms with Gasteiger partial charge in [-0.25, -0.2) is 4.39 Å². The second-order valence-corrected chi connectivity index (χ2v) is 5.62. The van der Waals surface area contributed by atoms with E-state index in [0.717, 1.165) is 25.2 Å². The van der Waals surface area contributed by atoms with E-state index in [0.29, 0.717) is 17.1 Å². The van der Waals surface area contributed by atoms with Crippen LogP contribution >= 0.6 is 11.6 Å². The molecular formula is C17H20ClFN2. The highest BCUT2D eigenvalue weighted by molar-refractivity contribution is 6.30. The molecule has 0 saturated carbocycles. The molecule has 2 aromatic rings. The molecule has 2 N–H and O–H groups in total. The maximum Gasteiger partial charge on any atom is 0.129 e. The van der Waals surface area contributed by atoms with Crippen molar-refractivity contribution in [3.05, 3.63) is 64.4 Å². The van der Waals surface area contributed by atoms with E-state index in [2.05, 4.69) is 11.8 Å². The Balaban J connectivity index is 2.09. The fraction of sp³-hybridized carbons (Fsp3) is 0.294. The van der Waals surface area contributed by atoms with Gasteiger partial charge in [0.05, 0.1) is 0 Å². The van der Waals surface area contributed by atoms with E-state index in [-0.39, 0.29) is 5.82 Å². The summed E-state index contributed by atoms with van der Waals surface area (Å²) in [5.41, 5.74) is 8.30. The molecule has 0 unspecified atom stereocenters. The van der Waals surface area contributed by atoms with Gasteiger partial charge in [0.15, 0.2) is 0 Å². The van der Waals surface area contributed by atoms with Gasteiger partial charge in [0.2, 0.25) is 0 Å². The van der Waals surface area contributed by atoms with E-state index >= 15 is 0 Å². The smallest absolute Gasteiger partial charge is 0.129 e. The highest BCUT2D eigenvalue weighted by Crippen LogP contribution is 2.18. The van der Waals surface area contributed by atoms with Gasteiger partial charge in [-0.3, -0.25) is 4.90 Å². The van der Waals surface area contributed by atoms with Crippen molar-refractivity contribution < 1.29 is 4.39 Å². The maximum absolute atomic E-state index is 13.9. The van der Waals surface area contributed by atoms with Gasteiger partial charge in [0.25, 0.3) is 0 Å². The molecule has 0 heterocycles. The lowest BCUT2D eigenvalue weighted by atomic mass is 10.1. The first-order chi connectivity index (χ1) is 10.1. The van der Waals surface area contributed by atoms with Crippen molar-refractivity contribution in [2.75, 3.05) is 12.3 Å². The number of nitrogen functional groups attached to an aromatic ring is 1. The average molecular weight is 307 g/mol. The zero-order valence-corrected chi connectivity index (χ0v) is 12.9. The number of hydrogen-bond donors (Lipinski definition) is 1. The highest BCUT2D eigenvalue weighted by Gasteiger charge is 2.10. The van der Waals surface area contributed by atoms with E-state index in [1.807, 2.05) is 24.3 Å². The van der Waals surface area contributed by atoms with Gasteiger partial charge in [-0.15, -0.1) is 0 Å². The van der Waals surface area contributed by atoms with Crippen molar-refractivity contribution in [3.8, 4) is 0 Å². The molecule has 2 aromatic carbocycles. The zero-order valence-electron chi connectivity index (χ0n) is 12.2. The molecule has 0 aliphatic heterocycles. The van der Waals surface area contributed by atoms with Gasteiger partial charge in [0, 0.05) is 29.4 Å². The molecule has 0 amide bonds. The van der Waals surface area contributed by atoms with E-state index in [4.69, 9.17) is 17.3 Å². The Morgan fingerprint density at radius 3 is 2.43 bits per heavy atom. The SMILES string of the molecule is CCCN(Cc1ccc(N)cc1)Cc1ccc(Cl)cc1F. The second kappa shape index (κ2) is 7.43.